The van der Waals surface area contributed by atoms with Gasteiger partial charge in [-0.25, -0.2) is 0 Å². The van der Waals surface area contributed by atoms with Crippen molar-refractivity contribution in [2.24, 2.45) is 0 Å². The van der Waals surface area contributed by atoms with Crippen molar-refractivity contribution in [1.29, 1.82) is 0 Å². The highest BCUT2D eigenvalue weighted by molar-refractivity contribution is 5.05. The SMILES string of the molecule is C#CC(CC)NC1(CC)CCC1. The zero-order valence-electron chi connectivity index (χ0n) is 8.19. The Kier molecular flexibility index (Phi) is 3.17. The first-order valence-electron chi connectivity index (χ1n) is 5.00. The first-order valence-corrected chi connectivity index (χ1v) is 5.00. The number of rotatable bonds is 4. The minimum atomic E-state index is 0.283. The van der Waals surface area contributed by atoms with Gasteiger partial charge < -0.3 is 0 Å². The van der Waals surface area contributed by atoms with E-state index in [1.54, 1.807) is 0 Å². The summed E-state index contributed by atoms with van der Waals surface area (Å²) in [5.41, 5.74) is 0.396. The molecule has 0 aliphatic heterocycles. The number of nitrogens with one attached hydrogen (secondary N) is 1. The summed E-state index contributed by atoms with van der Waals surface area (Å²) in [6.07, 6.45) is 11.6. The maximum Gasteiger partial charge on any atom is 0.0688 e. The molecule has 0 aromatic heterocycles. The smallest absolute Gasteiger partial charge is 0.0688 e. The molecule has 0 aromatic rings. The molecule has 1 fully saturated rings. The van der Waals surface area contributed by atoms with Crippen LogP contribution in [0.5, 0.6) is 0 Å². The van der Waals surface area contributed by atoms with E-state index in [4.69, 9.17) is 6.42 Å². The fourth-order valence-corrected chi connectivity index (χ4v) is 1.83. The molecule has 0 aromatic carbocycles. The number of hydrogen-bond donors (Lipinski definition) is 1. The summed E-state index contributed by atoms with van der Waals surface area (Å²) in [6.45, 7) is 4.38. The van der Waals surface area contributed by atoms with E-state index in [-0.39, 0.29) is 6.04 Å². The lowest BCUT2D eigenvalue weighted by Gasteiger charge is -2.43. The monoisotopic (exact) mass is 165 g/mol. The quantitative estimate of drug-likeness (QED) is 0.630. The van der Waals surface area contributed by atoms with Crippen molar-refractivity contribution in [3.05, 3.63) is 0 Å². The summed E-state index contributed by atoms with van der Waals surface area (Å²) in [7, 11) is 0. The molecule has 0 radical (unpaired) electrons. The number of hydrogen-bond acceptors (Lipinski definition) is 1. The molecule has 1 aliphatic carbocycles. The van der Waals surface area contributed by atoms with E-state index < -0.39 is 0 Å². The van der Waals surface area contributed by atoms with Crippen LogP contribution in [-0.2, 0) is 0 Å². The Bertz CT molecular complexity index is 168. The molecule has 1 atom stereocenters. The molecule has 1 N–H and O–H groups in total. The molecule has 1 aliphatic rings. The van der Waals surface area contributed by atoms with E-state index in [0.29, 0.717) is 5.54 Å². The van der Waals surface area contributed by atoms with Crippen LogP contribution in [0.1, 0.15) is 46.0 Å². The summed E-state index contributed by atoms with van der Waals surface area (Å²) in [6, 6.07) is 0.283. The molecule has 0 saturated heterocycles. The Morgan fingerprint density at radius 2 is 2.17 bits per heavy atom. The maximum atomic E-state index is 5.41. The highest BCUT2D eigenvalue weighted by Gasteiger charge is 2.35. The van der Waals surface area contributed by atoms with Crippen LogP contribution >= 0.6 is 0 Å². The van der Waals surface area contributed by atoms with E-state index in [2.05, 4.69) is 25.1 Å². The second-order valence-corrected chi connectivity index (χ2v) is 3.76. The summed E-state index contributed by atoms with van der Waals surface area (Å²) in [4.78, 5) is 0. The highest BCUT2D eigenvalue weighted by atomic mass is 15.0. The molecular weight excluding hydrogens is 146 g/mol. The second-order valence-electron chi connectivity index (χ2n) is 3.76. The van der Waals surface area contributed by atoms with Crippen LogP contribution in [0, 0.1) is 12.3 Å². The molecule has 12 heavy (non-hydrogen) atoms. The van der Waals surface area contributed by atoms with Crippen molar-refractivity contribution in [3.8, 4) is 12.3 Å². The van der Waals surface area contributed by atoms with Crippen molar-refractivity contribution >= 4 is 0 Å². The molecule has 1 rings (SSSR count). The Balaban J connectivity index is 2.42. The Labute approximate surface area is 75.9 Å². The molecule has 0 amide bonds. The Morgan fingerprint density at radius 1 is 1.50 bits per heavy atom. The molecule has 1 saturated carbocycles. The van der Waals surface area contributed by atoms with Crippen LogP contribution in [-0.4, -0.2) is 11.6 Å². The summed E-state index contributed by atoms with van der Waals surface area (Å²) in [5, 5.41) is 3.58. The Morgan fingerprint density at radius 3 is 2.42 bits per heavy atom. The lowest BCUT2D eigenvalue weighted by Crippen LogP contribution is -2.54. The summed E-state index contributed by atoms with van der Waals surface area (Å²) < 4.78 is 0. The fraction of sp³-hybridized carbons (Fsp3) is 0.818. The van der Waals surface area contributed by atoms with Crippen molar-refractivity contribution in [1.82, 2.24) is 5.32 Å². The third kappa shape index (κ3) is 1.81. The van der Waals surface area contributed by atoms with Crippen molar-refractivity contribution in [3.63, 3.8) is 0 Å². The first kappa shape index (κ1) is 9.61. The predicted molar refractivity (Wildman–Crippen MR) is 52.9 cm³/mol. The average Bonchev–Trinajstić information content (AvgIpc) is 2.05. The first-order chi connectivity index (χ1) is 5.76. The zero-order chi connectivity index (χ0) is 9.03. The van der Waals surface area contributed by atoms with Crippen molar-refractivity contribution in [2.75, 3.05) is 0 Å². The van der Waals surface area contributed by atoms with Gasteiger partial charge in [0.1, 0.15) is 0 Å². The molecule has 0 heterocycles. The van der Waals surface area contributed by atoms with Gasteiger partial charge in [0, 0.05) is 5.54 Å². The molecule has 1 nitrogen and oxygen atoms in total. The van der Waals surface area contributed by atoms with Crippen LogP contribution in [0.3, 0.4) is 0 Å². The van der Waals surface area contributed by atoms with Crippen LogP contribution in [0.25, 0.3) is 0 Å². The standard InChI is InChI=1S/C11H19N/c1-4-10(5-2)12-11(6-3)8-7-9-11/h1,10,12H,5-9H2,2-3H3. The van der Waals surface area contributed by atoms with Gasteiger partial charge in [0.15, 0.2) is 0 Å². The molecule has 68 valence electrons. The fourth-order valence-electron chi connectivity index (χ4n) is 1.83. The average molecular weight is 165 g/mol. The van der Waals surface area contributed by atoms with E-state index in [1.165, 1.54) is 25.7 Å². The third-order valence-electron chi connectivity index (χ3n) is 3.08. The molecule has 1 unspecified atom stereocenters. The lowest BCUT2D eigenvalue weighted by molar-refractivity contribution is 0.167. The normalized spacial score (nSPS) is 22.4. The minimum absolute atomic E-state index is 0.283. The molecule has 1 heteroatoms. The summed E-state index contributed by atoms with van der Waals surface area (Å²) >= 11 is 0. The minimum Gasteiger partial charge on any atom is -0.298 e. The third-order valence-corrected chi connectivity index (χ3v) is 3.08. The number of terminal acetylenes is 1. The predicted octanol–water partition coefficient (Wildman–Crippen LogP) is 2.32. The van der Waals surface area contributed by atoms with Crippen LogP contribution < -0.4 is 5.32 Å². The largest absolute Gasteiger partial charge is 0.298 e. The highest BCUT2D eigenvalue weighted by Crippen LogP contribution is 2.35. The van der Waals surface area contributed by atoms with Crippen LogP contribution in [0.2, 0.25) is 0 Å². The summed E-state index contributed by atoms with van der Waals surface area (Å²) in [5.74, 6) is 2.80. The van der Waals surface area contributed by atoms with Gasteiger partial charge in [0.05, 0.1) is 6.04 Å². The zero-order valence-corrected chi connectivity index (χ0v) is 8.19. The van der Waals surface area contributed by atoms with Crippen LogP contribution in [0.15, 0.2) is 0 Å². The van der Waals surface area contributed by atoms with Gasteiger partial charge in [0.2, 0.25) is 0 Å². The van der Waals surface area contributed by atoms with Gasteiger partial charge in [-0.15, -0.1) is 6.42 Å². The second kappa shape index (κ2) is 3.96. The van der Waals surface area contributed by atoms with Gasteiger partial charge in [-0.3, -0.25) is 5.32 Å². The van der Waals surface area contributed by atoms with Crippen molar-refractivity contribution < 1.29 is 0 Å². The van der Waals surface area contributed by atoms with Gasteiger partial charge >= 0.3 is 0 Å². The Hall–Kier alpha value is -0.480. The maximum absolute atomic E-state index is 5.41. The van der Waals surface area contributed by atoms with E-state index in [0.717, 1.165) is 6.42 Å². The van der Waals surface area contributed by atoms with E-state index in [1.807, 2.05) is 0 Å². The van der Waals surface area contributed by atoms with Gasteiger partial charge in [0.25, 0.3) is 0 Å². The molecule has 0 spiro atoms. The van der Waals surface area contributed by atoms with Gasteiger partial charge in [-0.1, -0.05) is 19.8 Å². The van der Waals surface area contributed by atoms with E-state index >= 15 is 0 Å². The van der Waals surface area contributed by atoms with Crippen molar-refractivity contribution in [2.45, 2.75) is 57.5 Å². The van der Waals surface area contributed by atoms with Gasteiger partial charge in [-0.05, 0) is 32.1 Å². The topological polar surface area (TPSA) is 12.0 Å². The molecule has 0 bridgehead atoms. The van der Waals surface area contributed by atoms with Gasteiger partial charge in [-0.2, -0.15) is 0 Å². The lowest BCUT2D eigenvalue weighted by atomic mass is 9.74. The van der Waals surface area contributed by atoms with Crippen LogP contribution in [0.4, 0.5) is 0 Å². The van der Waals surface area contributed by atoms with E-state index in [9.17, 15) is 0 Å². The molecular formula is C11H19N.